The van der Waals surface area contributed by atoms with E-state index in [1.807, 2.05) is 13.0 Å². The van der Waals surface area contributed by atoms with Crippen LogP contribution in [0.3, 0.4) is 0 Å². The minimum absolute atomic E-state index is 0.0760. The molecule has 0 atom stereocenters. The molecule has 0 fully saturated rings. The van der Waals surface area contributed by atoms with Gasteiger partial charge in [-0.05, 0) is 42.3 Å². The van der Waals surface area contributed by atoms with Gasteiger partial charge in [0.15, 0.2) is 9.84 Å². The van der Waals surface area contributed by atoms with Crippen molar-refractivity contribution >= 4 is 27.3 Å². The zero-order valence-corrected chi connectivity index (χ0v) is 14.0. The normalized spacial score (nSPS) is 11.0. The Morgan fingerprint density at radius 2 is 1.79 bits per heavy atom. The first-order valence-electron chi connectivity index (χ1n) is 7.33. The van der Waals surface area contributed by atoms with Crippen LogP contribution in [0, 0.1) is 0 Å². The van der Waals surface area contributed by atoms with Crippen LogP contribution in [0.5, 0.6) is 0 Å². The van der Waals surface area contributed by atoms with Crippen LogP contribution in [-0.2, 0) is 21.1 Å². The highest BCUT2D eigenvalue weighted by Crippen LogP contribution is 2.15. The van der Waals surface area contributed by atoms with Gasteiger partial charge in [0.1, 0.15) is 5.75 Å². The highest BCUT2D eigenvalue weighted by atomic mass is 32.2. The molecule has 0 unspecified atom stereocenters. The van der Waals surface area contributed by atoms with Crippen molar-refractivity contribution in [1.29, 1.82) is 0 Å². The van der Waals surface area contributed by atoms with E-state index in [0.717, 1.165) is 12.0 Å². The molecule has 3 N–H and O–H groups in total. The molecule has 0 aliphatic carbocycles. The van der Waals surface area contributed by atoms with Gasteiger partial charge >= 0.3 is 0 Å². The van der Waals surface area contributed by atoms with E-state index in [1.54, 1.807) is 18.2 Å². The third kappa shape index (κ3) is 4.42. The number of rotatable bonds is 6. The maximum atomic E-state index is 12.3. The summed E-state index contributed by atoms with van der Waals surface area (Å²) in [4.78, 5) is 23.1. The lowest BCUT2D eigenvalue weighted by molar-refractivity contribution is -0.113. The molecule has 2 aromatic carbocycles. The number of primary amides is 1. The quantitative estimate of drug-likeness (QED) is 0.831. The fraction of sp³-hybridized carbons (Fsp3) is 0.176. The molecule has 2 aromatic rings. The van der Waals surface area contributed by atoms with E-state index in [-0.39, 0.29) is 10.5 Å². The third-order valence-corrected chi connectivity index (χ3v) is 5.03. The van der Waals surface area contributed by atoms with Crippen molar-refractivity contribution in [2.75, 3.05) is 11.1 Å². The number of anilines is 1. The SMILES string of the molecule is CCc1cccc(NC(=O)CS(=O)(=O)c2cccc(C(N)=O)c2)c1. The number of nitrogens with one attached hydrogen (secondary N) is 1. The Morgan fingerprint density at radius 1 is 1.08 bits per heavy atom. The number of amides is 2. The molecule has 7 heteroatoms. The molecular formula is C17H18N2O4S. The van der Waals surface area contributed by atoms with Crippen molar-refractivity contribution < 1.29 is 18.0 Å². The summed E-state index contributed by atoms with van der Waals surface area (Å²) in [6.07, 6.45) is 0.807. The highest BCUT2D eigenvalue weighted by molar-refractivity contribution is 7.92. The van der Waals surface area contributed by atoms with Gasteiger partial charge in [-0.2, -0.15) is 0 Å². The number of hydrogen-bond acceptors (Lipinski definition) is 4. The summed E-state index contributed by atoms with van der Waals surface area (Å²) in [6.45, 7) is 1.98. The van der Waals surface area contributed by atoms with E-state index in [9.17, 15) is 18.0 Å². The van der Waals surface area contributed by atoms with Gasteiger partial charge in [0.25, 0.3) is 0 Å². The number of hydrogen-bond donors (Lipinski definition) is 2. The molecule has 126 valence electrons. The molecule has 2 rings (SSSR count). The van der Waals surface area contributed by atoms with E-state index in [0.29, 0.717) is 5.69 Å². The molecule has 0 heterocycles. The van der Waals surface area contributed by atoms with Gasteiger partial charge < -0.3 is 11.1 Å². The summed E-state index contributed by atoms with van der Waals surface area (Å²) >= 11 is 0. The number of aryl methyl sites for hydroxylation is 1. The second kappa shape index (κ2) is 7.27. The van der Waals surface area contributed by atoms with Gasteiger partial charge in [-0.25, -0.2) is 8.42 Å². The summed E-state index contributed by atoms with van der Waals surface area (Å²) in [5.41, 5.74) is 6.79. The summed E-state index contributed by atoms with van der Waals surface area (Å²) in [5, 5.41) is 2.57. The van der Waals surface area contributed by atoms with Crippen LogP contribution in [0.1, 0.15) is 22.8 Å². The molecule has 0 aliphatic rings. The lowest BCUT2D eigenvalue weighted by Gasteiger charge is -2.08. The minimum Gasteiger partial charge on any atom is -0.366 e. The Labute approximate surface area is 140 Å². The smallest absolute Gasteiger partial charge is 0.248 e. The molecular weight excluding hydrogens is 328 g/mol. The molecule has 0 radical (unpaired) electrons. The number of carbonyl (C=O) groups excluding carboxylic acids is 2. The van der Waals surface area contributed by atoms with Crippen molar-refractivity contribution in [2.45, 2.75) is 18.2 Å². The molecule has 0 spiro atoms. The Balaban J connectivity index is 2.15. The van der Waals surface area contributed by atoms with Crippen LogP contribution >= 0.6 is 0 Å². The van der Waals surface area contributed by atoms with E-state index < -0.39 is 27.4 Å². The van der Waals surface area contributed by atoms with Gasteiger partial charge in [0, 0.05) is 11.3 Å². The second-order valence-corrected chi connectivity index (χ2v) is 7.24. The van der Waals surface area contributed by atoms with Crippen LogP contribution in [0.15, 0.2) is 53.4 Å². The topological polar surface area (TPSA) is 106 Å². The van der Waals surface area contributed by atoms with E-state index in [2.05, 4.69) is 5.32 Å². The van der Waals surface area contributed by atoms with E-state index in [4.69, 9.17) is 5.73 Å². The van der Waals surface area contributed by atoms with Gasteiger partial charge in [-0.1, -0.05) is 25.1 Å². The minimum atomic E-state index is -3.87. The molecule has 2 amide bonds. The molecule has 0 bridgehead atoms. The fourth-order valence-corrected chi connectivity index (χ4v) is 3.34. The lowest BCUT2D eigenvalue weighted by Crippen LogP contribution is -2.23. The monoisotopic (exact) mass is 346 g/mol. The highest BCUT2D eigenvalue weighted by Gasteiger charge is 2.20. The maximum Gasteiger partial charge on any atom is 0.248 e. The predicted molar refractivity (Wildman–Crippen MR) is 91.5 cm³/mol. The van der Waals surface area contributed by atoms with Crippen LogP contribution in [0.4, 0.5) is 5.69 Å². The molecule has 0 aliphatic heterocycles. The lowest BCUT2D eigenvalue weighted by atomic mass is 10.1. The van der Waals surface area contributed by atoms with Crippen molar-refractivity contribution in [3.63, 3.8) is 0 Å². The number of benzene rings is 2. The number of carbonyl (C=O) groups is 2. The van der Waals surface area contributed by atoms with Gasteiger partial charge in [-0.3, -0.25) is 9.59 Å². The van der Waals surface area contributed by atoms with Crippen LogP contribution in [0.25, 0.3) is 0 Å². The van der Waals surface area contributed by atoms with Gasteiger partial charge in [-0.15, -0.1) is 0 Å². The van der Waals surface area contributed by atoms with Crippen molar-refractivity contribution in [3.05, 3.63) is 59.7 Å². The molecule has 0 saturated heterocycles. The largest absolute Gasteiger partial charge is 0.366 e. The van der Waals surface area contributed by atoms with Gasteiger partial charge in [0.05, 0.1) is 4.90 Å². The second-order valence-electron chi connectivity index (χ2n) is 5.25. The third-order valence-electron chi connectivity index (χ3n) is 3.42. The van der Waals surface area contributed by atoms with E-state index >= 15 is 0 Å². The Bertz CT molecular complexity index is 876. The zero-order valence-electron chi connectivity index (χ0n) is 13.2. The first-order valence-corrected chi connectivity index (χ1v) is 8.98. The number of sulfone groups is 1. The summed E-state index contributed by atoms with van der Waals surface area (Å²) in [7, 11) is -3.87. The van der Waals surface area contributed by atoms with Crippen LogP contribution in [0.2, 0.25) is 0 Å². The van der Waals surface area contributed by atoms with Crippen LogP contribution < -0.4 is 11.1 Å². The van der Waals surface area contributed by atoms with Crippen molar-refractivity contribution in [1.82, 2.24) is 0 Å². The number of nitrogens with two attached hydrogens (primary N) is 1. The Morgan fingerprint density at radius 3 is 2.46 bits per heavy atom. The Hall–Kier alpha value is -2.67. The molecule has 0 aromatic heterocycles. The first-order chi connectivity index (χ1) is 11.3. The van der Waals surface area contributed by atoms with Crippen molar-refractivity contribution in [3.8, 4) is 0 Å². The average Bonchev–Trinajstić information content (AvgIpc) is 2.54. The zero-order chi connectivity index (χ0) is 17.7. The summed E-state index contributed by atoms with van der Waals surface area (Å²) in [5.74, 6) is -2.09. The predicted octanol–water partition coefficient (Wildman–Crippen LogP) is 1.76. The standard InChI is InChI=1S/C17H18N2O4S/c1-2-12-5-3-7-14(9-12)19-16(20)11-24(22,23)15-8-4-6-13(10-15)17(18)21/h3-10H,2,11H2,1H3,(H2,18,21)(H,19,20). The summed E-state index contributed by atoms with van der Waals surface area (Å²) in [6, 6.07) is 12.5. The Kier molecular flexibility index (Phi) is 5.35. The molecule has 0 saturated carbocycles. The molecule has 24 heavy (non-hydrogen) atoms. The van der Waals surface area contributed by atoms with Crippen LogP contribution in [-0.4, -0.2) is 26.0 Å². The summed E-state index contributed by atoms with van der Waals surface area (Å²) < 4.78 is 24.6. The first kappa shape index (κ1) is 17.7. The molecule has 6 nitrogen and oxygen atoms in total. The van der Waals surface area contributed by atoms with E-state index in [1.165, 1.54) is 24.3 Å². The van der Waals surface area contributed by atoms with Gasteiger partial charge in [0.2, 0.25) is 11.8 Å². The fourth-order valence-electron chi connectivity index (χ4n) is 2.16. The average molecular weight is 346 g/mol. The maximum absolute atomic E-state index is 12.3. The van der Waals surface area contributed by atoms with Crippen molar-refractivity contribution in [2.24, 2.45) is 5.73 Å².